The summed E-state index contributed by atoms with van der Waals surface area (Å²) >= 11 is 0. The summed E-state index contributed by atoms with van der Waals surface area (Å²) in [6, 6.07) is 0. The van der Waals surface area contributed by atoms with E-state index in [2.05, 4.69) is 16.1 Å². The van der Waals surface area contributed by atoms with Crippen molar-refractivity contribution < 1.29 is 4.74 Å². The van der Waals surface area contributed by atoms with Crippen LogP contribution in [-0.2, 0) is 4.74 Å². The number of hydrogen-bond donors (Lipinski definition) is 1. The Kier molecular flexibility index (Phi) is 5.62. The van der Waals surface area contributed by atoms with E-state index in [-0.39, 0.29) is 0 Å². The predicted octanol–water partition coefficient (Wildman–Crippen LogP) is 0.178. The van der Waals surface area contributed by atoms with Gasteiger partial charge < -0.3 is 15.0 Å². The quantitative estimate of drug-likeness (QED) is 0.484. The molecule has 0 radical (unpaired) electrons. The number of ether oxygens (including phenoxy) is 1. The van der Waals surface area contributed by atoms with Gasteiger partial charge in [-0.15, -0.1) is 6.42 Å². The first-order valence-corrected chi connectivity index (χ1v) is 5.22. The minimum Gasteiger partial charge on any atom is -0.384 e. The standard InChI is InChI=1S/C11H20N2O/c1-3-5-12-6-8-13-7-4-11(9-13)10-14-2/h1,11-12H,4-10H2,2H3. The fourth-order valence-corrected chi connectivity index (χ4v) is 1.89. The van der Waals surface area contributed by atoms with E-state index in [1.54, 1.807) is 7.11 Å². The molecule has 0 aromatic heterocycles. The Hall–Kier alpha value is -0.560. The highest BCUT2D eigenvalue weighted by Gasteiger charge is 2.21. The number of rotatable bonds is 6. The molecule has 1 saturated heterocycles. The van der Waals surface area contributed by atoms with Crippen LogP contribution in [0.25, 0.3) is 0 Å². The summed E-state index contributed by atoms with van der Waals surface area (Å²) in [5.74, 6) is 3.30. The fourth-order valence-electron chi connectivity index (χ4n) is 1.89. The lowest BCUT2D eigenvalue weighted by molar-refractivity contribution is 0.153. The SMILES string of the molecule is C#CCNCCN1CCC(COC)C1. The van der Waals surface area contributed by atoms with Gasteiger partial charge in [-0.1, -0.05) is 5.92 Å². The van der Waals surface area contributed by atoms with Crippen molar-refractivity contribution in [3.05, 3.63) is 0 Å². The largest absolute Gasteiger partial charge is 0.384 e. The van der Waals surface area contributed by atoms with E-state index in [1.165, 1.54) is 19.5 Å². The van der Waals surface area contributed by atoms with Gasteiger partial charge in [0, 0.05) is 26.7 Å². The maximum Gasteiger partial charge on any atom is 0.0574 e. The van der Waals surface area contributed by atoms with Crippen LogP contribution in [0.1, 0.15) is 6.42 Å². The molecule has 0 spiro atoms. The van der Waals surface area contributed by atoms with Crippen LogP contribution in [0.3, 0.4) is 0 Å². The van der Waals surface area contributed by atoms with Gasteiger partial charge in [-0.25, -0.2) is 0 Å². The monoisotopic (exact) mass is 196 g/mol. The average molecular weight is 196 g/mol. The first-order valence-electron chi connectivity index (χ1n) is 5.22. The van der Waals surface area contributed by atoms with Crippen molar-refractivity contribution in [3.8, 4) is 12.3 Å². The van der Waals surface area contributed by atoms with Crippen LogP contribution in [0, 0.1) is 18.3 Å². The molecule has 1 aliphatic rings. The molecule has 1 fully saturated rings. The van der Waals surface area contributed by atoms with E-state index in [1.807, 2.05) is 0 Å². The zero-order valence-electron chi connectivity index (χ0n) is 8.96. The minimum atomic E-state index is 0.676. The third-order valence-electron chi connectivity index (χ3n) is 2.60. The highest BCUT2D eigenvalue weighted by Crippen LogP contribution is 2.15. The molecule has 0 bridgehead atoms. The Balaban J connectivity index is 2.02. The van der Waals surface area contributed by atoms with E-state index in [4.69, 9.17) is 11.2 Å². The Labute approximate surface area is 86.8 Å². The summed E-state index contributed by atoms with van der Waals surface area (Å²) in [6.07, 6.45) is 6.41. The Morgan fingerprint density at radius 1 is 1.64 bits per heavy atom. The van der Waals surface area contributed by atoms with Crippen LogP contribution in [0.5, 0.6) is 0 Å². The third-order valence-corrected chi connectivity index (χ3v) is 2.60. The summed E-state index contributed by atoms with van der Waals surface area (Å²) in [4.78, 5) is 2.47. The summed E-state index contributed by atoms with van der Waals surface area (Å²) < 4.78 is 5.15. The second kappa shape index (κ2) is 6.83. The molecular formula is C11H20N2O. The van der Waals surface area contributed by atoms with E-state index in [0.29, 0.717) is 6.54 Å². The van der Waals surface area contributed by atoms with Gasteiger partial charge in [0.25, 0.3) is 0 Å². The van der Waals surface area contributed by atoms with Gasteiger partial charge in [0.1, 0.15) is 0 Å². The average Bonchev–Trinajstić information content (AvgIpc) is 2.61. The van der Waals surface area contributed by atoms with Crippen LogP contribution in [-0.4, -0.2) is 51.3 Å². The summed E-state index contributed by atoms with van der Waals surface area (Å²) in [6.45, 7) is 6.03. The van der Waals surface area contributed by atoms with E-state index >= 15 is 0 Å². The van der Waals surface area contributed by atoms with Crippen LogP contribution >= 0.6 is 0 Å². The topological polar surface area (TPSA) is 24.5 Å². The van der Waals surface area contributed by atoms with Gasteiger partial charge >= 0.3 is 0 Å². The molecule has 1 unspecified atom stereocenters. The highest BCUT2D eigenvalue weighted by atomic mass is 16.5. The van der Waals surface area contributed by atoms with Crippen molar-refractivity contribution in [2.45, 2.75) is 6.42 Å². The minimum absolute atomic E-state index is 0.676. The molecule has 1 aliphatic heterocycles. The number of methoxy groups -OCH3 is 1. The lowest BCUT2D eigenvalue weighted by Crippen LogP contribution is -2.31. The predicted molar refractivity (Wildman–Crippen MR) is 58.1 cm³/mol. The second-order valence-electron chi connectivity index (χ2n) is 3.79. The smallest absolute Gasteiger partial charge is 0.0574 e. The molecule has 1 rings (SSSR count). The molecular weight excluding hydrogens is 176 g/mol. The number of hydrogen-bond acceptors (Lipinski definition) is 3. The van der Waals surface area contributed by atoms with E-state index < -0.39 is 0 Å². The molecule has 0 aromatic carbocycles. The van der Waals surface area contributed by atoms with Gasteiger partial charge in [0.05, 0.1) is 13.2 Å². The van der Waals surface area contributed by atoms with Gasteiger partial charge in [0.15, 0.2) is 0 Å². The first kappa shape index (κ1) is 11.5. The van der Waals surface area contributed by atoms with Gasteiger partial charge in [-0.2, -0.15) is 0 Å². The first-order chi connectivity index (χ1) is 6.86. The maximum atomic E-state index is 5.15. The Morgan fingerprint density at radius 3 is 3.21 bits per heavy atom. The van der Waals surface area contributed by atoms with Crippen molar-refractivity contribution in [2.24, 2.45) is 5.92 Å². The molecule has 3 heteroatoms. The number of likely N-dealkylation sites (tertiary alicyclic amines) is 1. The molecule has 1 N–H and O–H groups in total. The van der Waals surface area contributed by atoms with Crippen LogP contribution < -0.4 is 5.32 Å². The maximum absolute atomic E-state index is 5.15. The molecule has 3 nitrogen and oxygen atoms in total. The fraction of sp³-hybridized carbons (Fsp3) is 0.818. The molecule has 0 amide bonds. The molecule has 14 heavy (non-hydrogen) atoms. The van der Waals surface area contributed by atoms with Crippen LogP contribution in [0.2, 0.25) is 0 Å². The molecule has 1 atom stereocenters. The summed E-state index contributed by atoms with van der Waals surface area (Å²) in [5, 5.41) is 3.20. The zero-order valence-corrected chi connectivity index (χ0v) is 8.96. The van der Waals surface area contributed by atoms with Crippen LogP contribution in [0.15, 0.2) is 0 Å². The number of terminal acetylenes is 1. The Morgan fingerprint density at radius 2 is 2.50 bits per heavy atom. The molecule has 1 heterocycles. The number of nitrogens with zero attached hydrogens (tertiary/aromatic N) is 1. The van der Waals surface area contributed by atoms with Gasteiger partial charge in [-0.05, 0) is 18.9 Å². The normalized spacial score (nSPS) is 22.4. The second-order valence-corrected chi connectivity index (χ2v) is 3.79. The van der Waals surface area contributed by atoms with E-state index in [9.17, 15) is 0 Å². The van der Waals surface area contributed by atoms with Crippen molar-refractivity contribution >= 4 is 0 Å². The van der Waals surface area contributed by atoms with E-state index in [0.717, 1.165) is 25.6 Å². The van der Waals surface area contributed by atoms with Crippen molar-refractivity contribution in [1.82, 2.24) is 10.2 Å². The molecule has 0 aromatic rings. The van der Waals surface area contributed by atoms with Crippen molar-refractivity contribution in [3.63, 3.8) is 0 Å². The molecule has 0 saturated carbocycles. The van der Waals surface area contributed by atoms with Gasteiger partial charge in [0.2, 0.25) is 0 Å². The lowest BCUT2D eigenvalue weighted by atomic mass is 10.1. The van der Waals surface area contributed by atoms with Gasteiger partial charge in [-0.3, -0.25) is 0 Å². The lowest BCUT2D eigenvalue weighted by Gasteiger charge is -2.15. The third kappa shape index (κ3) is 4.10. The Bertz CT molecular complexity index is 188. The highest BCUT2D eigenvalue weighted by molar-refractivity contribution is 4.86. The van der Waals surface area contributed by atoms with Crippen molar-refractivity contribution in [1.29, 1.82) is 0 Å². The zero-order chi connectivity index (χ0) is 10.2. The summed E-state index contributed by atoms with van der Waals surface area (Å²) in [7, 11) is 1.77. The van der Waals surface area contributed by atoms with Crippen LogP contribution in [0.4, 0.5) is 0 Å². The number of nitrogens with one attached hydrogen (secondary N) is 1. The molecule has 0 aliphatic carbocycles. The summed E-state index contributed by atoms with van der Waals surface area (Å²) in [5.41, 5.74) is 0. The molecule has 80 valence electrons. The van der Waals surface area contributed by atoms with Crippen molar-refractivity contribution in [2.75, 3.05) is 46.4 Å².